The van der Waals surface area contributed by atoms with E-state index < -0.39 is 0 Å². The van der Waals surface area contributed by atoms with Gasteiger partial charge in [-0.15, -0.1) is 24.0 Å². The molecule has 3 rings (SSSR count). The summed E-state index contributed by atoms with van der Waals surface area (Å²) in [7, 11) is 1.69. The van der Waals surface area contributed by atoms with Gasteiger partial charge in [0, 0.05) is 43.1 Å². The fraction of sp³-hybridized carbons (Fsp3) is 0.316. The molecule has 0 bridgehead atoms. The number of nitrogens with one attached hydrogen (secondary N) is 3. The number of carbonyl (C=O) groups is 1. The molecule has 28 heavy (non-hydrogen) atoms. The Morgan fingerprint density at radius 3 is 2.93 bits per heavy atom. The summed E-state index contributed by atoms with van der Waals surface area (Å²) in [6.07, 6.45) is 4.25. The van der Waals surface area contributed by atoms with Gasteiger partial charge in [-0.2, -0.15) is 0 Å². The summed E-state index contributed by atoms with van der Waals surface area (Å²) in [5, 5.41) is 9.94. The molecule has 1 aromatic heterocycles. The molecule has 1 aliphatic heterocycles. The van der Waals surface area contributed by atoms with Gasteiger partial charge in [0.2, 0.25) is 5.91 Å². The minimum absolute atomic E-state index is 0. The maximum absolute atomic E-state index is 12.0. The van der Waals surface area contributed by atoms with Gasteiger partial charge in [0.25, 0.3) is 0 Å². The smallest absolute Gasteiger partial charge is 0.243 e. The van der Waals surface area contributed by atoms with E-state index in [9.17, 15) is 4.79 Å². The normalized spacial score (nSPS) is 16.3. The Balaban J connectivity index is 0.00000280. The largest absolute Gasteiger partial charge is 0.369 e. The van der Waals surface area contributed by atoms with Gasteiger partial charge in [0.05, 0.1) is 18.4 Å². The lowest BCUT2D eigenvalue weighted by atomic mass is 10.3. The Bertz CT molecular complexity index is 804. The first-order valence-electron chi connectivity index (χ1n) is 8.81. The molecule has 3 N–H and O–H groups in total. The Morgan fingerprint density at radius 1 is 1.36 bits per heavy atom. The van der Waals surface area contributed by atoms with Crippen LogP contribution in [0.2, 0.25) is 5.02 Å². The molecule has 9 heteroatoms. The van der Waals surface area contributed by atoms with E-state index >= 15 is 0 Å². The molecule has 1 unspecified atom stereocenters. The molecule has 0 radical (unpaired) electrons. The summed E-state index contributed by atoms with van der Waals surface area (Å²) in [5.74, 6) is 0.451. The summed E-state index contributed by atoms with van der Waals surface area (Å²) >= 11 is 6.08. The third-order valence-corrected chi connectivity index (χ3v) is 4.52. The molecule has 0 saturated carbocycles. The van der Waals surface area contributed by atoms with E-state index in [0.717, 1.165) is 30.2 Å². The van der Waals surface area contributed by atoms with Crippen molar-refractivity contribution in [3.8, 4) is 0 Å². The van der Waals surface area contributed by atoms with E-state index in [1.807, 2.05) is 18.2 Å². The SMILES string of the molecule is CN=C(NCC(=O)Nc1cccnc1)NC1CCN(c2cccc(Cl)c2)C1.I. The summed E-state index contributed by atoms with van der Waals surface area (Å²) in [5.41, 5.74) is 1.78. The van der Waals surface area contributed by atoms with E-state index in [4.69, 9.17) is 11.6 Å². The molecule has 1 amide bonds. The molecule has 0 aliphatic carbocycles. The van der Waals surface area contributed by atoms with Crippen molar-refractivity contribution >= 4 is 58.8 Å². The highest BCUT2D eigenvalue weighted by Gasteiger charge is 2.23. The quantitative estimate of drug-likeness (QED) is 0.325. The number of aromatic nitrogens is 1. The van der Waals surface area contributed by atoms with Gasteiger partial charge in [-0.25, -0.2) is 0 Å². The highest BCUT2D eigenvalue weighted by molar-refractivity contribution is 14.0. The Labute approximate surface area is 187 Å². The highest BCUT2D eigenvalue weighted by atomic mass is 127. The number of hydrogen-bond donors (Lipinski definition) is 3. The number of guanidine groups is 1. The minimum Gasteiger partial charge on any atom is -0.369 e. The highest BCUT2D eigenvalue weighted by Crippen LogP contribution is 2.23. The van der Waals surface area contributed by atoms with Crippen LogP contribution in [-0.4, -0.2) is 49.6 Å². The molecule has 150 valence electrons. The Kier molecular flexibility index (Phi) is 8.78. The number of rotatable bonds is 5. The van der Waals surface area contributed by atoms with Crippen LogP contribution < -0.4 is 20.9 Å². The monoisotopic (exact) mass is 514 g/mol. The van der Waals surface area contributed by atoms with Crippen molar-refractivity contribution in [3.63, 3.8) is 0 Å². The second kappa shape index (κ2) is 11.1. The molecule has 1 atom stereocenters. The Morgan fingerprint density at radius 2 is 2.21 bits per heavy atom. The van der Waals surface area contributed by atoms with Gasteiger partial charge in [0.1, 0.15) is 0 Å². The van der Waals surface area contributed by atoms with Crippen LogP contribution in [0.5, 0.6) is 0 Å². The summed E-state index contributed by atoms with van der Waals surface area (Å²) in [6.45, 7) is 1.92. The van der Waals surface area contributed by atoms with Crippen molar-refractivity contribution < 1.29 is 4.79 Å². The van der Waals surface area contributed by atoms with Crippen LogP contribution in [0.25, 0.3) is 0 Å². The first-order chi connectivity index (χ1) is 13.1. The van der Waals surface area contributed by atoms with Gasteiger partial charge >= 0.3 is 0 Å². The zero-order chi connectivity index (χ0) is 19.1. The van der Waals surface area contributed by atoms with Gasteiger partial charge < -0.3 is 20.9 Å². The third-order valence-electron chi connectivity index (χ3n) is 4.29. The predicted molar refractivity (Wildman–Crippen MR) is 125 cm³/mol. The number of pyridine rings is 1. The Hall–Kier alpha value is -2.07. The standard InChI is InChI=1S/C19H23ClN6O.HI/c1-21-19(23-12-18(27)24-15-5-3-8-22-11-15)25-16-7-9-26(13-16)17-6-2-4-14(20)10-17;/h2-6,8,10-11,16H,7,9,12-13H2,1H3,(H,24,27)(H2,21,23,25);1H. The van der Waals surface area contributed by atoms with Gasteiger partial charge in [-0.1, -0.05) is 17.7 Å². The molecule has 0 spiro atoms. The summed E-state index contributed by atoms with van der Waals surface area (Å²) in [4.78, 5) is 22.5. The van der Waals surface area contributed by atoms with Gasteiger partial charge in [-0.05, 0) is 36.8 Å². The van der Waals surface area contributed by atoms with Crippen LogP contribution in [0, 0.1) is 0 Å². The number of aliphatic imine (C=N–C) groups is 1. The predicted octanol–water partition coefficient (Wildman–Crippen LogP) is 2.74. The van der Waals surface area contributed by atoms with Gasteiger partial charge in [0.15, 0.2) is 5.96 Å². The van der Waals surface area contributed by atoms with Crippen LogP contribution >= 0.6 is 35.6 Å². The van der Waals surface area contributed by atoms with Crippen LogP contribution in [0.1, 0.15) is 6.42 Å². The first-order valence-corrected chi connectivity index (χ1v) is 9.19. The number of carbonyl (C=O) groups excluding carboxylic acids is 1. The lowest BCUT2D eigenvalue weighted by Crippen LogP contribution is -2.46. The van der Waals surface area contributed by atoms with Crippen molar-refractivity contribution in [2.75, 3.05) is 36.9 Å². The van der Waals surface area contributed by atoms with E-state index in [1.54, 1.807) is 31.6 Å². The van der Waals surface area contributed by atoms with Crippen molar-refractivity contribution in [2.24, 2.45) is 4.99 Å². The average molecular weight is 515 g/mol. The number of hydrogen-bond acceptors (Lipinski definition) is 4. The fourth-order valence-electron chi connectivity index (χ4n) is 2.98. The minimum atomic E-state index is -0.155. The number of halogens is 2. The first kappa shape index (κ1) is 22.2. The lowest BCUT2D eigenvalue weighted by molar-refractivity contribution is -0.115. The van der Waals surface area contributed by atoms with Crippen LogP contribution in [0.4, 0.5) is 11.4 Å². The molecule has 1 fully saturated rings. The molecule has 1 saturated heterocycles. The zero-order valence-electron chi connectivity index (χ0n) is 15.6. The van der Waals surface area contributed by atoms with Crippen molar-refractivity contribution in [1.29, 1.82) is 0 Å². The molecular formula is C19H24ClIN6O. The van der Waals surface area contributed by atoms with Crippen LogP contribution in [-0.2, 0) is 4.79 Å². The molecule has 1 aromatic carbocycles. The molecule has 2 aromatic rings. The number of amides is 1. The van der Waals surface area contributed by atoms with Crippen LogP contribution in [0.3, 0.4) is 0 Å². The lowest BCUT2D eigenvalue weighted by Gasteiger charge is -2.20. The van der Waals surface area contributed by atoms with E-state index in [-0.39, 0.29) is 42.5 Å². The molecule has 1 aliphatic rings. The summed E-state index contributed by atoms with van der Waals surface area (Å²) < 4.78 is 0. The second-order valence-electron chi connectivity index (χ2n) is 6.27. The zero-order valence-corrected chi connectivity index (χ0v) is 18.6. The third kappa shape index (κ3) is 6.52. The van der Waals surface area contributed by atoms with Crippen molar-refractivity contribution in [2.45, 2.75) is 12.5 Å². The van der Waals surface area contributed by atoms with E-state index in [2.05, 4.69) is 36.9 Å². The molecular weight excluding hydrogens is 491 g/mol. The number of anilines is 2. The fourth-order valence-corrected chi connectivity index (χ4v) is 3.16. The number of benzene rings is 1. The summed E-state index contributed by atoms with van der Waals surface area (Å²) in [6, 6.07) is 11.7. The van der Waals surface area contributed by atoms with Crippen molar-refractivity contribution in [1.82, 2.24) is 15.6 Å². The average Bonchev–Trinajstić information content (AvgIpc) is 3.14. The van der Waals surface area contributed by atoms with Crippen LogP contribution in [0.15, 0.2) is 53.8 Å². The van der Waals surface area contributed by atoms with E-state index in [1.165, 1.54) is 0 Å². The number of nitrogens with zero attached hydrogens (tertiary/aromatic N) is 3. The maximum Gasteiger partial charge on any atom is 0.243 e. The molecule has 7 nitrogen and oxygen atoms in total. The molecule has 2 heterocycles. The van der Waals surface area contributed by atoms with E-state index in [0.29, 0.717) is 11.6 Å². The topological polar surface area (TPSA) is 81.6 Å². The van der Waals surface area contributed by atoms with Crippen molar-refractivity contribution in [3.05, 3.63) is 53.8 Å². The maximum atomic E-state index is 12.0. The second-order valence-corrected chi connectivity index (χ2v) is 6.71. The van der Waals surface area contributed by atoms with Gasteiger partial charge in [-0.3, -0.25) is 14.8 Å².